The first-order valence-corrected chi connectivity index (χ1v) is 11.3. The fraction of sp³-hybridized carbons (Fsp3) is 0.391. The van der Waals surface area contributed by atoms with Crippen LogP contribution in [0, 0.1) is 18.7 Å². The topological polar surface area (TPSA) is 104 Å². The molecule has 3 atom stereocenters. The van der Waals surface area contributed by atoms with Crippen molar-refractivity contribution in [2.45, 2.75) is 31.8 Å². The maximum Gasteiger partial charge on any atom is 0.326 e. The van der Waals surface area contributed by atoms with Crippen molar-refractivity contribution >= 4 is 33.4 Å². The number of piperidine rings is 1. The van der Waals surface area contributed by atoms with Gasteiger partial charge in [-0.3, -0.25) is 0 Å². The summed E-state index contributed by atoms with van der Waals surface area (Å²) < 4.78 is 21.3. The minimum absolute atomic E-state index is 0.185. The highest BCUT2D eigenvalue weighted by molar-refractivity contribution is 6.17. The second kappa shape index (κ2) is 6.74. The molecule has 168 valence electrons. The van der Waals surface area contributed by atoms with E-state index in [0.717, 1.165) is 47.2 Å². The highest BCUT2D eigenvalue weighted by atomic mass is 19.1. The van der Waals surface area contributed by atoms with E-state index < -0.39 is 0 Å². The quantitative estimate of drug-likeness (QED) is 0.441. The molecular formula is C23H23FN8O. The minimum Gasteiger partial charge on any atom is -0.421 e. The van der Waals surface area contributed by atoms with E-state index in [4.69, 9.17) is 9.72 Å². The van der Waals surface area contributed by atoms with Gasteiger partial charge in [-0.25, -0.2) is 14.4 Å². The number of rotatable bonds is 3. The van der Waals surface area contributed by atoms with Gasteiger partial charge in [-0.15, -0.1) is 0 Å². The fourth-order valence-corrected chi connectivity index (χ4v) is 5.87. The van der Waals surface area contributed by atoms with E-state index in [1.54, 1.807) is 25.5 Å². The molecule has 0 radical (unpaired) electrons. The zero-order valence-corrected chi connectivity index (χ0v) is 18.3. The van der Waals surface area contributed by atoms with Gasteiger partial charge in [0.25, 0.3) is 0 Å². The number of aromatic nitrogens is 5. The lowest BCUT2D eigenvalue weighted by Crippen LogP contribution is -2.70. The first-order chi connectivity index (χ1) is 16.1. The van der Waals surface area contributed by atoms with E-state index in [0.29, 0.717) is 41.3 Å². The molecule has 33 heavy (non-hydrogen) atoms. The van der Waals surface area contributed by atoms with Crippen molar-refractivity contribution in [2.24, 2.45) is 5.92 Å². The van der Waals surface area contributed by atoms with Crippen molar-refractivity contribution in [2.75, 3.05) is 30.4 Å². The summed E-state index contributed by atoms with van der Waals surface area (Å²) in [7, 11) is 1.80. The largest absolute Gasteiger partial charge is 0.421 e. The number of hydrogen-bond acceptors (Lipinski definition) is 8. The molecule has 3 aliphatic heterocycles. The molecule has 0 amide bonds. The number of anilines is 2. The number of nitrogens with one attached hydrogen (secondary N) is 3. The van der Waals surface area contributed by atoms with Gasteiger partial charge in [0.15, 0.2) is 5.75 Å². The lowest BCUT2D eigenvalue weighted by molar-refractivity contribution is 0.155. The molecular weight excluding hydrogens is 423 g/mol. The van der Waals surface area contributed by atoms with Crippen molar-refractivity contribution in [3.63, 3.8) is 0 Å². The molecule has 3 aliphatic rings. The number of aryl methyl sites for hydroxylation is 1. The lowest BCUT2D eigenvalue weighted by atomic mass is 9.73. The van der Waals surface area contributed by atoms with Crippen molar-refractivity contribution in [3.05, 3.63) is 35.7 Å². The first kappa shape index (κ1) is 19.0. The van der Waals surface area contributed by atoms with Crippen LogP contribution in [0.4, 0.5) is 15.9 Å². The van der Waals surface area contributed by atoms with Gasteiger partial charge in [0, 0.05) is 42.5 Å². The summed E-state index contributed by atoms with van der Waals surface area (Å²) in [4.78, 5) is 23.7. The van der Waals surface area contributed by atoms with Crippen LogP contribution in [-0.4, -0.2) is 57.1 Å². The molecule has 0 unspecified atom stereocenters. The standard InChI is InChI=1S/C23H23FN8O/c1-10-27-7-11(8-28-10)33-23-30-21-19-18-13(14(24)6-15(25-2)20(18)29-21)5-16-12-3-4-26-9-17(12)32(16)22(19)31-23/h6-8,12,16-17,25-26H,3-5,9H2,1-2H3,(H,29,30,31)/t12-,16-,17-/m0/s1. The predicted octanol–water partition coefficient (Wildman–Crippen LogP) is 2.91. The molecule has 1 aromatic carbocycles. The fourth-order valence-electron chi connectivity index (χ4n) is 5.87. The SMILES string of the molecule is CNc1cc(F)c2c3c1[nH]c1nc(Oc4cnc(C)nc4)nc(c13)N1[C@H]3CNCC[C@H]3[C@@H]1C2. The predicted molar refractivity (Wildman–Crippen MR) is 122 cm³/mol. The Morgan fingerprint density at radius 1 is 1.18 bits per heavy atom. The number of nitrogens with zero attached hydrogens (tertiary/aromatic N) is 5. The van der Waals surface area contributed by atoms with Gasteiger partial charge in [0.05, 0.1) is 29.0 Å². The van der Waals surface area contributed by atoms with Crippen LogP contribution in [0.3, 0.4) is 0 Å². The smallest absolute Gasteiger partial charge is 0.326 e. The van der Waals surface area contributed by atoms with E-state index in [2.05, 4.69) is 35.5 Å². The number of H-pyrrole nitrogens is 1. The van der Waals surface area contributed by atoms with E-state index in [-0.39, 0.29) is 17.9 Å². The summed E-state index contributed by atoms with van der Waals surface area (Å²) in [6.45, 7) is 3.71. The van der Waals surface area contributed by atoms with E-state index >= 15 is 4.39 Å². The molecule has 3 N–H and O–H groups in total. The molecule has 2 saturated heterocycles. The zero-order chi connectivity index (χ0) is 22.3. The third kappa shape index (κ3) is 2.61. The Morgan fingerprint density at radius 3 is 2.85 bits per heavy atom. The number of benzene rings is 1. The first-order valence-electron chi connectivity index (χ1n) is 11.3. The van der Waals surface area contributed by atoms with Crippen LogP contribution in [-0.2, 0) is 6.42 Å². The van der Waals surface area contributed by atoms with Crippen molar-refractivity contribution in [1.82, 2.24) is 30.2 Å². The van der Waals surface area contributed by atoms with Crippen LogP contribution in [0.15, 0.2) is 18.5 Å². The Bertz CT molecular complexity index is 1420. The maximum atomic E-state index is 15.4. The number of ether oxygens (including phenoxy) is 1. The average Bonchev–Trinajstić information content (AvgIpc) is 3.13. The van der Waals surface area contributed by atoms with Crippen molar-refractivity contribution in [1.29, 1.82) is 0 Å². The molecule has 6 heterocycles. The third-order valence-corrected chi connectivity index (χ3v) is 7.35. The lowest BCUT2D eigenvalue weighted by Gasteiger charge is -2.58. The number of aromatic amines is 1. The Morgan fingerprint density at radius 2 is 2.03 bits per heavy atom. The van der Waals surface area contributed by atoms with E-state index in [1.807, 2.05) is 6.92 Å². The molecule has 9 nitrogen and oxygen atoms in total. The molecule has 4 aromatic rings. The molecule has 2 fully saturated rings. The number of halogens is 1. The van der Waals surface area contributed by atoms with Crippen LogP contribution in [0.1, 0.15) is 17.8 Å². The van der Waals surface area contributed by atoms with Crippen LogP contribution in [0.25, 0.3) is 21.9 Å². The molecule has 7 rings (SSSR count). The molecule has 0 bridgehead atoms. The third-order valence-electron chi connectivity index (χ3n) is 7.35. The Hall–Kier alpha value is -3.53. The van der Waals surface area contributed by atoms with Crippen LogP contribution in [0.5, 0.6) is 11.8 Å². The molecule has 0 saturated carbocycles. The normalized spacial score (nSPS) is 23.2. The summed E-state index contributed by atoms with van der Waals surface area (Å²) in [5.74, 6) is 2.26. The minimum atomic E-state index is -0.185. The average molecular weight is 446 g/mol. The monoisotopic (exact) mass is 446 g/mol. The van der Waals surface area contributed by atoms with Crippen molar-refractivity contribution in [3.8, 4) is 11.8 Å². The van der Waals surface area contributed by atoms with Gasteiger partial charge in [-0.05, 0) is 32.4 Å². The van der Waals surface area contributed by atoms with E-state index in [9.17, 15) is 0 Å². The summed E-state index contributed by atoms with van der Waals surface area (Å²) in [5.41, 5.74) is 2.92. The van der Waals surface area contributed by atoms with Crippen molar-refractivity contribution < 1.29 is 9.13 Å². The van der Waals surface area contributed by atoms with Crippen LogP contribution in [0.2, 0.25) is 0 Å². The molecule has 0 aliphatic carbocycles. The second-order valence-electron chi connectivity index (χ2n) is 9.03. The molecule has 3 aromatic heterocycles. The summed E-state index contributed by atoms with van der Waals surface area (Å²) in [6, 6.07) is 2.33. The van der Waals surface area contributed by atoms with Gasteiger partial charge < -0.3 is 25.3 Å². The molecule has 0 spiro atoms. The Kier molecular flexibility index (Phi) is 3.88. The summed E-state index contributed by atoms with van der Waals surface area (Å²) >= 11 is 0. The van der Waals surface area contributed by atoms with Crippen LogP contribution < -0.4 is 20.3 Å². The summed E-state index contributed by atoms with van der Waals surface area (Å²) in [6.07, 6.45) is 4.95. The van der Waals surface area contributed by atoms with Gasteiger partial charge in [0.1, 0.15) is 23.1 Å². The van der Waals surface area contributed by atoms with Crippen LogP contribution >= 0.6 is 0 Å². The highest BCUT2D eigenvalue weighted by Gasteiger charge is 2.52. The van der Waals surface area contributed by atoms with Gasteiger partial charge in [-0.2, -0.15) is 9.97 Å². The van der Waals surface area contributed by atoms with E-state index in [1.165, 1.54) is 0 Å². The zero-order valence-electron chi connectivity index (χ0n) is 18.3. The highest BCUT2D eigenvalue weighted by Crippen LogP contribution is 2.50. The Balaban J connectivity index is 1.47. The maximum absolute atomic E-state index is 15.4. The Labute approximate surface area is 188 Å². The van der Waals surface area contributed by atoms with Gasteiger partial charge in [-0.1, -0.05) is 0 Å². The number of fused-ring (bicyclic) bond motifs is 5. The molecule has 10 heteroatoms. The number of hydrogen-bond donors (Lipinski definition) is 3. The summed E-state index contributed by atoms with van der Waals surface area (Å²) in [5, 5.41) is 8.35. The second-order valence-corrected chi connectivity index (χ2v) is 9.03. The van der Waals surface area contributed by atoms with Gasteiger partial charge >= 0.3 is 6.01 Å². The van der Waals surface area contributed by atoms with Gasteiger partial charge in [0.2, 0.25) is 0 Å².